The first kappa shape index (κ1) is 11.6. The maximum atomic E-state index is 9.01. The Balaban J connectivity index is 2.46. The average molecular weight is 237 g/mol. The van der Waals surface area contributed by atoms with Gasteiger partial charge in [0.15, 0.2) is 11.5 Å². The number of hydrogen-bond donors (Lipinski definition) is 3. The van der Waals surface area contributed by atoms with Gasteiger partial charge in [0, 0.05) is 25.5 Å². The van der Waals surface area contributed by atoms with Gasteiger partial charge in [-0.05, 0) is 0 Å². The Morgan fingerprint density at radius 3 is 2.65 bits per heavy atom. The predicted molar refractivity (Wildman–Crippen MR) is 63.8 cm³/mol. The minimum Gasteiger partial charge on any atom is -0.395 e. The number of aliphatic hydroxyl groups excluding tert-OH is 2. The maximum absolute atomic E-state index is 9.01. The van der Waals surface area contributed by atoms with Crippen molar-refractivity contribution in [2.24, 2.45) is 0 Å². The van der Waals surface area contributed by atoms with Crippen molar-refractivity contribution in [2.75, 3.05) is 36.9 Å². The summed E-state index contributed by atoms with van der Waals surface area (Å²) in [6.45, 7) is 0.700. The summed E-state index contributed by atoms with van der Waals surface area (Å²) < 4.78 is 1.76. The van der Waals surface area contributed by atoms with Gasteiger partial charge >= 0.3 is 0 Å². The van der Waals surface area contributed by atoms with Gasteiger partial charge in [0.1, 0.15) is 5.82 Å². The Labute approximate surface area is 98.1 Å². The summed E-state index contributed by atoms with van der Waals surface area (Å²) in [5, 5.41) is 18.0. The quantitative estimate of drug-likeness (QED) is 0.623. The van der Waals surface area contributed by atoms with E-state index >= 15 is 0 Å². The van der Waals surface area contributed by atoms with E-state index in [-0.39, 0.29) is 13.2 Å². The molecule has 0 aromatic carbocycles. The number of rotatable bonds is 5. The zero-order chi connectivity index (χ0) is 12.3. The highest BCUT2D eigenvalue weighted by atomic mass is 16.3. The van der Waals surface area contributed by atoms with Gasteiger partial charge in [-0.1, -0.05) is 0 Å². The molecule has 0 amide bonds. The van der Waals surface area contributed by atoms with Crippen molar-refractivity contribution in [3.63, 3.8) is 0 Å². The summed E-state index contributed by atoms with van der Waals surface area (Å²) in [7, 11) is 0. The molecule has 0 unspecified atom stereocenters. The minimum atomic E-state index is -0.0245. The molecule has 0 aliphatic heterocycles. The third kappa shape index (κ3) is 2.29. The monoisotopic (exact) mass is 237 g/mol. The summed E-state index contributed by atoms with van der Waals surface area (Å²) in [6.07, 6.45) is 5.09. The number of nitrogen functional groups attached to an aromatic ring is 1. The van der Waals surface area contributed by atoms with Crippen molar-refractivity contribution < 1.29 is 10.2 Å². The van der Waals surface area contributed by atoms with Crippen LogP contribution in [0.15, 0.2) is 18.6 Å². The lowest BCUT2D eigenvalue weighted by Gasteiger charge is -2.22. The van der Waals surface area contributed by atoms with Crippen LogP contribution < -0.4 is 10.6 Å². The Kier molecular flexibility index (Phi) is 3.40. The average Bonchev–Trinajstić information content (AvgIpc) is 2.75. The lowest BCUT2D eigenvalue weighted by atomic mass is 10.4. The fourth-order valence-electron chi connectivity index (χ4n) is 1.71. The topological polar surface area (TPSA) is 99.9 Å². The first-order chi connectivity index (χ1) is 8.26. The molecular weight excluding hydrogens is 222 g/mol. The van der Waals surface area contributed by atoms with E-state index in [1.54, 1.807) is 27.9 Å². The maximum Gasteiger partial charge on any atom is 0.180 e. The van der Waals surface area contributed by atoms with Crippen LogP contribution >= 0.6 is 0 Å². The zero-order valence-electron chi connectivity index (χ0n) is 9.32. The van der Waals surface area contributed by atoms with Crippen molar-refractivity contribution in [1.82, 2.24) is 14.4 Å². The third-order valence-electron chi connectivity index (χ3n) is 2.41. The number of hydrogen-bond acceptors (Lipinski definition) is 6. The molecule has 0 aliphatic carbocycles. The molecule has 0 saturated carbocycles. The fourth-order valence-corrected chi connectivity index (χ4v) is 1.71. The molecule has 2 aromatic heterocycles. The lowest BCUT2D eigenvalue weighted by Crippen LogP contribution is -2.31. The summed E-state index contributed by atoms with van der Waals surface area (Å²) >= 11 is 0. The summed E-state index contributed by atoms with van der Waals surface area (Å²) in [4.78, 5) is 10.1. The van der Waals surface area contributed by atoms with Gasteiger partial charge in [-0.25, -0.2) is 9.97 Å². The number of fused-ring (bicyclic) bond motifs is 1. The SMILES string of the molecule is Nc1cn2ccnc2c(N(CCO)CCO)n1. The smallest absolute Gasteiger partial charge is 0.180 e. The van der Waals surface area contributed by atoms with Crippen LogP contribution in [0, 0.1) is 0 Å². The van der Waals surface area contributed by atoms with E-state index in [0.29, 0.717) is 30.4 Å². The second-order valence-corrected chi connectivity index (χ2v) is 3.58. The van der Waals surface area contributed by atoms with Crippen LogP contribution in [-0.2, 0) is 0 Å². The first-order valence-corrected chi connectivity index (χ1v) is 5.32. The van der Waals surface area contributed by atoms with E-state index in [1.165, 1.54) is 0 Å². The highest BCUT2D eigenvalue weighted by Gasteiger charge is 2.13. The molecule has 2 heterocycles. The molecule has 0 bridgehead atoms. The van der Waals surface area contributed by atoms with Gasteiger partial charge in [0.2, 0.25) is 0 Å². The van der Waals surface area contributed by atoms with Crippen molar-refractivity contribution >= 4 is 17.3 Å². The Bertz CT molecular complexity index is 492. The number of imidazole rings is 1. The minimum absolute atomic E-state index is 0.0245. The molecule has 4 N–H and O–H groups in total. The number of anilines is 2. The molecular formula is C10H15N5O2. The van der Waals surface area contributed by atoms with Crippen LogP contribution in [0.25, 0.3) is 5.65 Å². The molecule has 2 aromatic rings. The molecule has 7 heteroatoms. The molecule has 0 fully saturated rings. The van der Waals surface area contributed by atoms with Gasteiger partial charge in [-0.15, -0.1) is 0 Å². The number of nitrogens with two attached hydrogens (primary N) is 1. The Morgan fingerprint density at radius 2 is 2.00 bits per heavy atom. The van der Waals surface area contributed by atoms with Crippen molar-refractivity contribution in [1.29, 1.82) is 0 Å². The van der Waals surface area contributed by atoms with Gasteiger partial charge in [-0.3, -0.25) is 0 Å². The molecule has 17 heavy (non-hydrogen) atoms. The molecule has 2 rings (SSSR count). The summed E-state index contributed by atoms with van der Waals surface area (Å²) in [5.74, 6) is 0.935. The van der Waals surface area contributed by atoms with Crippen molar-refractivity contribution in [3.8, 4) is 0 Å². The fraction of sp³-hybridized carbons (Fsp3) is 0.400. The van der Waals surface area contributed by atoms with Gasteiger partial charge in [0.05, 0.1) is 19.4 Å². The second kappa shape index (κ2) is 4.98. The molecule has 7 nitrogen and oxygen atoms in total. The predicted octanol–water partition coefficient (Wildman–Crippen LogP) is -0.898. The highest BCUT2D eigenvalue weighted by molar-refractivity contribution is 5.66. The molecule has 0 radical (unpaired) electrons. The highest BCUT2D eigenvalue weighted by Crippen LogP contribution is 2.18. The number of aliphatic hydroxyl groups is 2. The van der Waals surface area contributed by atoms with Crippen molar-refractivity contribution in [2.45, 2.75) is 0 Å². The van der Waals surface area contributed by atoms with E-state index < -0.39 is 0 Å². The third-order valence-corrected chi connectivity index (χ3v) is 2.41. The van der Waals surface area contributed by atoms with E-state index in [0.717, 1.165) is 0 Å². The summed E-state index contributed by atoms with van der Waals surface area (Å²) in [5.41, 5.74) is 6.36. The van der Waals surface area contributed by atoms with Crippen LogP contribution in [0.3, 0.4) is 0 Å². The second-order valence-electron chi connectivity index (χ2n) is 3.58. The van der Waals surface area contributed by atoms with Gasteiger partial charge in [-0.2, -0.15) is 0 Å². The summed E-state index contributed by atoms with van der Waals surface area (Å²) in [6, 6.07) is 0. The van der Waals surface area contributed by atoms with E-state index in [2.05, 4.69) is 9.97 Å². The number of nitrogens with zero attached hydrogens (tertiary/aromatic N) is 4. The van der Waals surface area contributed by atoms with E-state index in [4.69, 9.17) is 15.9 Å². The van der Waals surface area contributed by atoms with Gasteiger partial charge in [0.25, 0.3) is 0 Å². The molecule has 0 spiro atoms. The molecule has 92 valence electrons. The van der Waals surface area contributed by atoms with Crippen LogP contribution in [-0.4, -0.2) is 50.9 Å². The standard InChI is InChI=1S/C10H15N5O2/c11-8-7-15-2-1-12-9(15)10(13-8)14(3-5-16)4-6-17/h1-2,7,16-17H,3-6,11H2. The molecule has 0 aliphatic rings. The van der Waals surface area contributed by atoms with Crippen LogP contribution in [0.5, 0.6) is 0 Å². The Morgan fingerprint density at radius 1 is 1.29 bits per heavy atom. The van der Waals surface area contributed by atoms with E-state index in [1.807, 2.05) is 0 Å². The Hall–Kier alpha value is -1.86. The zero-order valence-corrected chi connectivity index (χ0v) is 9.32. The van der Waals surface area contributed by atoms with Crippen LogP contribution in [0.4, 0.5) is 11.6 Å². The van der Waals surface area contributed by atoms with Crippen LogP contribution in [0.2, 0.25) is 0 Å². The molecule has 0 atom stereocenters. The number of aromatic nitrogens is 3. The molecule has 0 saturated heterocycles. The van der Waals surface area contributed by atoms with Gasteiger partial charge < -0.3 is 25.2 Å². The normalized spacial score (nSPS) is 10.9. The lowest BCUT2D eigenvalue weighted by molar-refractivity contribution is 0.281. The van der Waals surface area contributed by atoms with Crippen molar-refractivity contribution in [3.05, 3.63) is 18.6 Å². The largest absolute Gasteiger partial charge is 0.395 e. The van der Waals surface area contributed by atoms with E-state index in [9.17, 15) is 0 Å². The van der Waals surface area contributed by atoms with Crippen LogP contribution in [0.1, 0.15) is 0 Å². The first-order valence-electron chi connectivity index (χ1n) is 5.32.